The second kappa shape index (κ2) is 5.74. The monoisotopic (exact) mass is 292 g/mol. The van der Waals surface area contributed by atoms with Crippen molar-refractivity contribution in [3.63, 3.8) is 0 Å². The number of ether oxygens (including phenoxy) is 1. The van der Waals surface area contributed by atoms with Crippen LogP contribution in [-0.4, -0.2) is 40.0 Å². The molecule has 2 aromatic rings. The highest BCUT2D eigenvalue weighted by Gasteiger charge is 2.15. The molecule has 1 aliphatic heterocycles. The maximum absolute atomic E-state index is 10.8. The highest BCUT2D eigenvalue weighted by molar-refractivity contribution is 7.80. The van der Waals surface area contributed by atoms with Gasteiger partial charge in [0.25, 0.3) is 0 Å². The lowest BCUT2D eigenvalue weighted by Gasteiger charge is -2.30. The first-order valence-electron chi connectivity index (χ1n) is 6.32. The van der Waals surface area contributed by atoms with Gasteiger partial charge in [0.05, 0.1) is 24.4 Å². The number of nitrogens with one attached hydrogen (secondary N) is 1. The Morgan fingerprint density at radius 2 is 2.10 bits per heavy atom. The van der Waals surface area contributed by atoms with Gasteiger partial charge in [-0.1, -0.05) is 0 Å². The van der Waals surface area contributed by atoms with E-state index in [1.54, 1.807) is 12.3 Å². The Bertz CT molecular complexity index is 644. The van der Waals surface area contributed by atoms with Crippen LogP contribution in [0.1, 0.15) is 0 Å². The molecule has 0 aliphatic carbocycles. The molecule has 0 spiro atoms. The Morgan fingerprint density at radius 1 is 1.30 bits per heavy atom. The van der Waals surface area contributed by atoms with Gasteiger partial charge < -0.3 is 18.9 Å². The first-order valence-corrected chi connectivity index (χ1v) is 7.39. The summed E-state index contributed by atoms with van der Waals surface area (Å²) in [5, 5.41) is 0.935. The molecule has 1 unspecified atom stereocenters. The van der Waals surface area contributed by atoms with Crippen LogP contribution in [0.25, 0.3) is 10.9 Å². The van der Waals surface area contributed by atoms with Gasteiger partial charge >= 0.3 is 0 Å². The van der Waals surface area contributed by atoms with Gasteiger partial charge in [-0.3, -0.25) is 9.19 Å². The molecular formula is C13H14N3O3S-. The van der Waals surface area contributed by atoms with Crippen molar-refractivity contribution in [3.8, 4) is 0 Å². The normalized spacial score (nSPS) is 17.1. The number of fused-ring (bicyclic) bond motifs is 1. The number of benzene rings is 1. The van der Waals surface area contributed by atoms with Gasteiger partial charge in [0.1, 0.15) is 0 Å². The topological polar surface area (TPSA) is 77.5 Å². The Balaban J connectivity index is 2.08. The van der Waals surface area contributed by atoms with Crippen molar-refractivity contribution < 1.29 is 13.5 Å². The number of anilines is 2. The predicted molar refractivity (Wildman–Crippen MR) is 77.3 cm³/mol. The molecule has 20 heavy (non-hydrogen) atoms. The van der Waals surface area contributed by atoms with Gasteiger partial charge in [-0.15, -0.1) is 0 Å². The molecule has 0 saturated carbocycles. The standard InChI is InChI=1S/C13H15N3O3S/c17-20(18)15-11-3-4-12(16-6-8-19-9-7-16)10-2-1-5-14-13(10)11/h1-5,15H,6-9H2,(H,17,18)/p-1. The number of nitrogens with zero attached hydrogens (tertiary/aromatic N) is 2. The fourth-order valence-electron chi connectivity index (χ4n) is 2.41. The number of rotatable bonds is 3. The zero-order chi connectivity index (χ0) is 13.9. The van der Waals surface area contributed by atoms with Gasteiger partial charge in [0, 0.05) is 41.6 Å². The van der Waals surface area contributed by atoms with Crippen molar-refractivity contribution in [1.29, 1.82) is 0 Å². The van der Waals surface area contributed by atoms with Gasteiger partial charge in [-0.2, -0.15) is 0 Å². The number of morpholine rings is 1. The second-order valence-electron chi connectivity index (χ2n) is 4.47. The van der Waals surface area contributed by atoms with Gasteiger partial charge in [-0.25, -0.2) is 0 Å². The number of pyridine rings is 1. The summed E-state index contributed by atoms with van der Waals surface area (Å²) in [4.78, 5) is 6.52. The van der Waals surface area contributed by atoms with Crippen molar-refractivity contribution >= 4 is 33.5 Å². The van der Waals surface area contributed by atoms with E-state index in [2.05, 4.69) is 14.6 Å². The molecule has 7 heteroatoms. The molecule has 6 nitrogen and oxygen atoms in total. The Kier molecular flexibility index (Phi) is 3.81. The van der Waals surface area contributed by atoms with E-state index in [1.165, 1.54) is 0 Å². The number of hydrogen-bond acceptors (Lipinski definition) is 5. The van der Waals surface area contributed by atoms with E-state index in [1.807, 2.05) is 18.2 Å². The van der Waals surface area contributed by atoms with Crippen LogP contribution in [-0.2, 0) is 16.0 Å². The van der Waals surface area contributed by atoms with E-state index in [0.717, 1.165) is 24.2 Å². The minimum Gasteiger partial charge on any atom is -0.755 e. The maximum atomic E-state index is 10.8. The molecule has 1 aromatic carbocycles. The van der Waals surface area contributed by atoms with Crippen LogP contribution in [0.4, 0.5) is 11.4 Å². The average molecular weight is 292 g/mol. The molecule has 3 rings (SSSR count). The summed E-state index contributed by atoms with van der Waals surface area (Å²) in [6.45, 7) is 3.05. The van der Waals surface area contributed by atoms with E-state index >= 15 is 0 Å². The molecule has 106 valence electrons. The summed E-state index contributed by atoms with van der Waals surface area (Å²) < 4.78 is 29.4. The first kappa shape index (κ1) is 13.3. The predicted octanol–water partition coefficient (Wildman–Crippen LogP) is 1.28. The third-order valence-electron chi connectivity index (χ3n) is 3.29. The minimum atomic E-state index is -2.36. The van der Waals surface area contributed by atoms with Crippen LogP contribution in [0.2, 0.25) is 0 Å². The van der Waals surface area contributed by atoms with Crippen LogP contribution < -0.4 is 9.62 Å². The van der Waals surface area contributed by atoms with E-state index in [4.69, 9.17) is 4.74 Å². The van der Waals surface area contributed by atoms with Crippen LogP contribution in [0, 0.1) is 0 Å². The molecule has 0 amide bonds. The third-order valence-corrected chi connectivity index (χ3v) is 3.68. The minimum absolute atomic E-state index is 0.492. The summed E-state index contributed by atoms with van der Waals surface area (Å²) in [5.41, 5.74) is 2.20. The Morgan fingerprint density at radius 3 is 2.85 bits per heavy atom. The van der Waals surface area contributed by atoms with Crippen LogP contribution in [0.5, 0.6) is 0 Å². The maximum Gasteiger partial charge on any atom is 0.0962 e. The molecule has 1 fully saturated rings. The van der Waals surface area contributed by atoms with Crippen molar-refractivity contribution in [1.82, 2.24) is 4.98 Å². The molecule has 1 aromatic heterocycles. The molecule has 1 N–H and O–H groups in total. The fraction of sp³-hybridized carbons (Fsp3) is 0.308. The van der Waals surface area contributed by atoms with Crippen molar-refractivity contribution in [2.45, 2.75) is 0 Å². The molecule has 2 heterocycles. The van der Waals surface area contributed by atoms with Crippen molar-refractivity contribution in [3.05, 3.63) is 30.5 Å². The average Bonchev–Trinajstić information content (AvgIpc) is 2.48. The van der Waals surface area contributed by atoms with E-state index in [9.17, 15) is 8.76 Å². The van der Waals surface area contributed by atoms with Crippen LogP contribution in [0.15, 0.2) is 30.5 Å². The summed E-state index contributed by atoms with van der Waals surface area (Å²) in [7, 11) is 0. The Labute approximate surface area is 119 Å². The summed E-state index contributed by atoms with van der Waals surface area (Å²) in [5.74, 6) is 0. The molecule has 1 saturated heterocycles. The zero-order valence-electron chi connectivity index (χ0n) is 10.7. The van der Waals surface area contributed by atoms with Crippen molar-refractivity contribution in [2.24, 2.45) is 0 Å². The fourth-order valence-corrected chi connectivity index (χ4v) is 2.75. The largest absolute Gasteiger partial charge is 0.755 e. The van der Waals surface area contributed by atoms with Gasteiger partial charge in [0.2, 0.25) is 0 Å². The lowest BCUT2D eigenvalue weighted by molar-refractivity contribution is 0.123. The lowest BCUT2D eigenvalue weighted by atomic mass is 10.1. The molecular weight excluding hydrogens is 278 g/mol. The Hall–Kier alpha value is -1.70. The van der Waals surface area contributed by atoms with E-state index in [0.29, 0.717) is 24.4 Å². The van der Waals surface area contributed by atoms with E-state index in [-0.39, 0.29) is 0 Å². The third kappa shape index (κ3) is 2.60. The highest BCUT2D eigenvalue weighted by Crippen LogP contribution is 2.31. The quantitative estimate of drug-likeness (QED) is 0.862. The molecule has 1 aliphatic rings. The second-order valence-corrected chi connectivity index (χ2v) is 5.14. The summed E-state index contributed by atoms with van der Waals surface area (Å²) in [6, 6.07) is 7.47. The zero-order valence-corrected chi connectivity index (χ0v) is 11.6. The molecule has 0 bridgehead atoms. The number of hydrogen-bond donors (Lipinski definition) is 1. The smallest absolute Gasteiger partial charge is 0.0962 e. The first-order chi connectivity index (χ1) is 9.75. The highest BCUT2D eigenvalue weighted by atomic mass is 32.2. The molecule has 0 radical (unpaired) electrons. The summed E-state index contributed by atoms with van der Waals surface area (Å²) in [6.07, 6.45) is 1.66. The van der Waals surface area contributed by atoms with Crippen molar-refractivity contribution in [2.75, 3.05) is 35.9 Å². The van der Waals surface area contributed by atoms with Crippen LogP contribution >= 0.6 is 0 Å². The van der Waals surface area contributed by atoms with Gasteiger partial charge in [0.15, 0.2) is 0 Å². The van der Waals surface area contributed by atoms with Crippen LogP contribution in [0.3, 0.4) is 0 Å². The molecule has 1 atom stereocenters. The number of aromatic nitrogens is 1. The SMILES string of the molecule is O=S([O-])Nc1ccc(N2CCOCC2)c2cccnc12. The summed E-state index contributed by atoms with van der Waals surface area (Å²) >= 11 is -2.36. The lowest BCUT2D eigenvalue weighted by Crippen LogP contribution is -2.36. The van der Waals surface area contributed by atoms with Gasteiger partial charge in [-0.05, 0) is 24.3 Å². The van der Waals surface area contributed by atoms with E-state index < -0.39 is 11.3 Å².